The summed E-state index contributed by atoms with van der Waals surface area (Å²) in [6, 6.07) is 0. The number of aliphatic carboxylic acids is 1. The Hall–Kier alpha value is -2.47. The quantitative estimate of drug-likeness (QED) is 0.733. The molecule has 1 saturated carbocycles. The van der Waals surface area contributed by atoms with Crippen LogP contribution in [0.5, 0.6) is 0 Å². The number of aryl methyl sites for hydroxylation is 1. The summed E-state index contributed by atoms with van der Waals surface area (Å²) >= 11 is 1.70. The largest absolute Gasteiger partial charge is 0.490 e. The van der Waals surface area contributed by atoms with Gasteiger partial charge >= 0.3 is 12.1 Å². The van der Waals surface area contributed by atoms with E-state index in [9.17, 15) is 18.0 Å². The first-order chi connectivity index (χ1) is 14.1. The Labute approximate surface area is 174 Å². The monoisotopic (exact) mass is 445 g/mol. The van der Waals surface area contributed by atoms with Gasteiger partial charge in [-0.3, -0.25) is 9.69 Å². The Morgan fingerprint density at radius 1 is 1.33 bits per heavy atom. The van der Waals surface area contributed by atoms with E-state index in [2.05, 4.69) is 30.1 Å². The number of nitrogens with one attached hydrogen (secondary N) is 1. The van der Waals surface area contributed by atoms with Gasteiger partial charge in [-0.15, -0.1) is 11.3 Å². The summed E-state index contributed by atoms with van der Waals surface area (Å²) in [7, 11) is 0. The van der Waals surface area contributed by atoms with Crippen molar-refractivity contribution in [2.24, 2.45) is 5.92 Å². The van der Waals surface area contributed by atoms with E-state index < -0.39 is 12.1 Å². The first-order valence-electron chi connectivity index (χ1n) is 9.38. The highest BCUT2D eigenvalue weighted by Crippen LogP contribution is 2.28. The van der Waals surface area contributed by atoms with Crippen LogP contribution in [-0.2, 0) is 35.8 Å². The average Bonchev–Trinajstić information content (AvgIpc) is 3.34. The number of carboxylic acid groups (broad SMARTS) is 1. The summed E-state index contributed by atoms with van der Waals surface area (Å²) in [5.41, 5.74) is 2.25. The zero-order valence-electron chi connectivity index (χ0n) is 16.3. The molecule has 8 nitrogen and oxygen atoms in total. The van der Waals surface area contributed by atoms with Crippen LogP contribution in [0.4, 0.5) is 13.2 Å². The molecule has 2 aromatic heterocycles. The van der Waals surface area contributed by atoms with Crippen molar-refractivity contribution in [3.05, 3.63) is 33.8 Å². The Morgan fingerprint density at radius 3 is 2.60 bits per heavy atom. The number of carbonyl (C=O) groups excluding carboxylic acids is 1. The number of amides is 1. The molecule has 1 aliphatic heterocycles. The van der Waals surface area contributed by atoms with Crippen LogP contribution in [0.15, 0.2) is 11.6 Å². The number of carbonyl (C=O) groups is 2. The van der Waals surface area contributed by atoms with Crippen LogP contribution in [0, 0.1) is 12.8 Å². The van der Waals surface area contributed by atoms with Crippen molar-refractivity contribution in [1.82, 2.24) is 24.8 Å². The van der Waals surface area contributed by atoms with Gasteiger partial charge in [0.2, 0.25) is 5.91 Å². The van der Waals surface area contributed by atoms with Crippen molar-refractivity contribution in [2.45, 2.75) is 52.1 Å². The average molecular weight is 445 g/mol. The van der Waals surface area contributed by atoms with Crippen LogP contribution >= 0.6 is 11.3 Å². The van der Waals surface area contributed by atoms with E-state index in [1.54, 1.807) is 11.3 Å². The fourth-order valence-electron chi connectivity index (χ4n) is 3.03. The van der Waals surface area contributed by atoms with Crippen molar-refractivity contribution < 1.29 is 27.9 Å². The molecule has 2 aromatic rings. The lowest BCUT2D eigenvalue weighted by atomic mass is 10.3. The third kappa shape index (κ3) is 6.02. The number of halogens is 3. The van der Waals surface area contributed by atoms with Crippen molar-refractivity contribution in [3.63, 3.8) is 0 Å². The highest BCUT2D eigenvalue weighted by atomic mass is 32.1. The number of alkyl halides is 3. The van der Waals surface area contributed by atoms with Crippen LogP contribution in [0.3, 0.4) is 0 Å². The van der Waals surface area contributed by atoms with E-state index in [4.69, 9.17) is 9.90 Å². The smallest absolute Gasteiger partial charge is 0.475 e. The lowest BCUT2D eigenvalue weighted by molar-refractivity contribution is -0.192. The van der Waals surface area contributed by atoms with Gasteiger partial charge in [-0.2, -0.15) is 13.2 Å². The van der Waals surface area contributed by atoms with Gasteiger partial charge in [-0.25, -0.2) is 14.8 Å². The zero-order chi connectivity index (χ0) is 21.9. The molecule has 1 aliphatic carbocycles. The van der Waals surface area contributed by atoms with Gasteiger partial charge in [0.15, 0.2) is 0 Å². The second-order valence-corrected chi connectivity index (χ2v) is 8.24. The number of fused-ring (bicyclic) bond motifs is 1. The molecule has 4 rings (SSSR count). The topological polar surface area (TPSA) is 100 Å². The predicted octanol–water partition coefficient (Wildman–Crippen LogP) is 2.32. The second-order valence-electron chi connectivity index (χ2n) is 7.18. The molecule has 0 spiro atoms. The summed E-state index contributed by atoms with van der Waals surface area (Å²) in [4.78, 5) is 32.1. The number of hydrogen-bond acceptors (Lipinski definition) is 6. The summed E-state index contributed by atoms with van der Waals surface area (Å²) in [6.07, 6.45) is -1.10. The van der Waals surface area contributed by atoms with E-state index in [1.807, 2.05) is 13.1 Å². The van der Waals surface area contributed by atoms with Crippen molar-refractivity contribution in [2.75, 3.05) is 6.54 Å². The Morgan fingerprint density at radius 2 is 2.03 bits per heavy atom. The molecule has 2 aliphatic rings. The molecule has 2 N–H and O–H groups in total. The predicted molar refractivity (Wildman–Crippen MR) is 101 cm³/mol. The van der Waals surface area contributed by atoms with E-state index >= 15 is 0 Å². The lowest BCUT2D eigenvalue weighted by Crippen LogP contribution is -2.35. The van der Waals surface area contributed by atoms with Gasteiger partial charge in [-0.05, 0) is 19.8 Å². The maximum atomic E-state index is 11.8. The van der Waals surface area contributed by atoms with Gasteiger partial charge in [-0.1, -0.05) is 0 Å². The third-order valence-corrected chi connectivity index (χ3v) is 5.53. The van der Waals surface area contributed by atoms with Crippen LogP contribution in [0.2, 0.25) is 0 Å². The molecule has 30 heavy (non-hydrogen) atoms. The van der Waals surface area contributed by atoms with Crippen LogP contribution in [-0.4, -0.2) is 49.1 Å². The molecular formula is C18H22F3N5O3S. The Bertz CT molecular complexity index is 907. The number of carboxylic acids is 1. The number of nitrogens with zero attached hydrogens (tertiary/aromatic N) is 4. The van der Waals surface area contributed by atoms with E-state index in [0.717, 1.165) is 61.2 Å². The molecule has 0 radical (unpaired) electrons. The molecule has 0 atom stereocenters. The highest BCUT2D eigenvalue weighted by Gasteiger charge is 2.38. The summed E-state index contributed by atoms with van der Waals surface area (Å²) < 4.78 is 34.0. The molecule has 1 fully saturated rings. The number of imidazole rings is 1. The Kier molecular flexibility index (Phi) is 6.76. The van der Waals surface area contributed by atoms with Gasteiger partial charge < -0.3 is 15.0 Å². The minimum absolute atomic E-state index is 0.192. The zero-order valence-corrected chi connectivity index (χ0v) is 17.1. The molecule has 12 heteroatoms. The molecule has 0 aromatic carbocycles. The van der Waals surface area contributed by atoms with Gasteiger partial charge in [0.1, 0.15) is 5.82 Å². The normalized spacial score (nSPS) is 16.4. The lowest BCUT2D eigenvalue weighted by Gasteiger charge is -2.27. The van der Waals surface area contributed by atoms with Gasteiger partial charge in [0, 0.05) is 30.9 Å². The molecule has 0 bridgehead atoms. The molecule has 0 saturated heterocycles. The number of rotatable bonds is 5. The van der Waals surface area contributed by atoms with Gasteiger partial charge in [0.05, 0.1) is 35.7 Å². The fourth-order valence-corrected chi connectivity index (χ4v) is 3.63. The van der Waals surface area contributed by atoms with E-state index in [-0.39, 0.29) is 11.8 Å². The first kappa shape index (κ1) is 22.2. The minimum Gasteiger partial charge on any atom is -0.475 e. The summed E-state index contributed by atoms with van der Waals surface area (Å²) in [5, 5.41) is 13.4. The molecule has 3 heterocycles. The number of thiazole rings is 1. The van der Waals surface area contributed by atoms with Crippen molar-refractivity contribution in [3.8, 4) is 0 Å². The Balaban J connectivity index is 0.000000318. The maximum absolute atomic E-state index is 11.8. The van der Waals surface area contributed by atoms with Crippen LogP contribution in [0.25, 0.3) is 0 Å². The number of hydrogen-bond donors (Lipinski definition) is 2. The second kappa shape index (κ2) is 9.13. The van der Waals surface area contributed by atoms with Crippen molar-refractivity contribution in [1.29, 1.82) is 0 Å². The summed E-state index contributed by atoms with van der Waals surface area (Å²) in [5.74, 6) is -1.22. The minimum atomic E-state index is -5.08. The third-order valence-electron chi connectivity index (χ3n) is 4.71. The molecule has 1 amide bonds. The SMILES string of the molecule is Cc1nc(CN2CCn3c(CNC(=O)C4CC4)cnc3C2)cs1.O=C(O)C(F)(F)F. The van der Waals surface area contributed by atoms with Crippen molar-refractivity contribution >= 4 is 23.2 Å². The fraction of sp³-hybridized carbons (Fsp3) is 0.556. The van der Waals surface area contributed by atoms with Crippen LogP contribution < -0.4 is 5.32 Å². The molecular weight excluding hydrogens is 423 g/mol. The van der Waals surface area contributed by atoms with E-state index in [1.165, 1.54) is 0 Å². The van der Waals surface area contributed by atoms with E-state index in [0.29, 0.717) is 6.54 Å². The first-order valence-corrected chi connectivity index (χ1v) is 10.3. The molecule has 164 valence electrons. The highest BCUT2D eigenvalue weighted by molar-refractivity contribution is 7.09. The van der Waals surface area contributed by atoms with Gasteiger partial charge in [0.25, 0.3) is 0 Å². The maximum Gasteiger partial charge on any atom is 0.490 e. The summed E-state index contributed by atoms with van der Waals surface area (Å²) in [6.45, 7) is 6.27. The molecule has 0 unspecified atom stereocenters. The van der Waals surface area contributed by atoms with Crippen LogP contribution in [0.1, 0.15) is 35.1 Å². The standard InChI is InChI=1S/C16H21N5OS.C2HF3O2/c1-11-19-13(10-23-11)8-20-4-5-21-14(6-17-15(21)9-20)7-18-16(22)12-2-3-12;3-2(4,5)1(6)7/h6,10,12H,2-5,7-9H2,1H3,(H,18,22);(H,6,7). The number of aromatic nitrogens is 3.